The maximum Gasteiger partial charge on any atom is 0.478 e. The molecule has 9 heteroatoms. The maximum atomic E-state index is 9.63. The molecule has 0 aromatic heterocycles. The fourth-order valence-corrected chi connectivity index (χ4v) is 3.31. The molecule has 0 aromatic carbocycles. The number of phosphoric acid groups is 2. The summed E-state index contributed by atoms with van der Waals surface area (Å²) in [6, 6.07) is 0. The van der Waals surface area contributed by atoms with Crippen LogP contribution in [-0.2, 0) is 13.4 Å². The molecule has 0 saturated carbocycles. The van der Waals surface area contributed by atoms with E-state index in [1.807, 2.05) is 18.2 Å². The molecule has 160 valence electrons. The van der Waals surface area contributed by atoms with Gasteiger partial charge in [-0.25, -0.2) is 9.13 Å². The van der Waals surface area contributed by atoms with E-state index in [-0.39, 0.29) is 0 Å². The molecule has 0 unspecified atom stereocenters. The van der Waals surface area contributed by atoms with Gasteiger partial charge >= 0.3 is 15.6 Å². The highest BCUT2D eigenvalue weighted by atomic mass is 31.3. The molecule has 0 atom stereocenters. The van der Waals surface area contributed by atoms with Crippen molar-refractivity contribution in [1.29, 1.82) is 0 Å². The SMILES string of the molecule is C=CC=CC=CCCCCCCCCCCCC.O=P(O)(O)OP(=O)(O)O. The van der Waals surface area contributed by atoms with Gasteiger partial charge in [-0.05, 0) is 12.8 Å². The van der Waals surface area contributed by atoms with Gasteiger partial charge < -0.3 is 19.6 Å². The number of rotatable bonds is 15. The van der Waals surface area contributed by atoms with Crippen LogP contribution in [0.15, 0.2) is 37.0 Å². The molecule has 0 amide bonds. The number of hydrogen-bond donors (Lipinski definition) is 4. The van der Waals surface area contributed by atoms with E-state index < -0.39 is 15.6 Å². The molecule has 0 bridgehead atoms. The minimum atomic E-state index is -5.05. The largest absolute Gasteiger partial charge is 0.478 e. The first kappa shape index (κ1) is 28.7. The molecule has 0 aromatic rings. The normalized spacial score (nSPS) is 12.3. The van der Waals surface area contributed by atoms with E-state index in [0.717, 1.165) is 0 Å². The van der Waals surface area contributed by atoms with Gasteiger partial charge in [0, 0.05) is 0 Å². The van der Waals surface area contributed by atoms with E-state index in [9.17, 15) is 9.13 Å². The van der Waals surface area contributed by atoms with Crippen molar-refractivity contribution in [1.82, 2.24) is 0 Å². The summed E-state index contributed by atoms with van der Waals surface area (Å²) in [6.07, 6.45) is 25.6. The highest BCUT2D eigenvalue weighted by Crippen LogP contribution is 2.53. The second kappa shape index (κ2) is 18.8. The molecule has 0 radical (unpaired) electrons. The Balaban J connectivity index is 0. The fourth-order valence-electron chi connectivity index (χ4n) is 2.21. The molecule has 0 fully saturated rings. The van der Waals surface area contributed by atoms with Crippen LogP contribution in [0, 0.1) is 0 Å². The first-order valence-corrected chi connectivity index (χ1v) is 12.4. The third-order valence-electron chi connectivity index (χ3n) is 3.43. The Morgan fingerprint density at radius 1 is 0.741 bits per heavy atom. The summed E-state index contributed by atoms with van der Waals surface area (Å²) in [4.78, 5) is 31.0. The van der Waals surface area contributed by atoms with E-state index in [4.69, 9.17) is 19.6 Å². The summed E-state index contributed by atoms with van der Waals surface area (Å²) in [5.41, 5.74) is 0. The minimum absolute atomic E-state index is 1.22. The highest BCUT2D eigenvalue weighted by molar-refractivity contribution is 7.60. The average molecular weight is 426 g/mol. The van der Waals surface area contributed by atoms with Gasteiger partial charge in [-0.2, -0.15) is 4.31 Å². The van der Waals surface area contributed by atoms with E-state index >= 15 is 0 Å². The van der Waals surface area contributed by atoms with E-state index in [0.29, 0.717) is 0 Å². The van der Waals surface area contributed by atoms with Crippen LogP contribution in [-0.4, -0.2) is 19.6 Å². The van der Waals surface area contributed by atoms with Crippen LogP contribution in [0.3, 0.4) is 0 Å². The lowest BCUT2D eigenvalue weighted by molar-refractivity contribution is 0.225. The molecular formula is C18H36O7P2. The Labute approximate surface area is 163 Å². The van der Waals surface area contributed by atoms with Crippen molar-refractivity contribution in [3.63, 3.8) is 0 Å². The van der Waals surface area contributed by atoms with Crippen LogP contribution in [0.5, 0.6) is 0 Å². The molecule has 0 aliphatic carbocycles. The average Bonchev–Trinajstić information content (AvgIpc) is 2.52. The van der Waals surface area contributed by atoms with Gasteiger partial charge in [0.2, 0.25) is 0 Å². The Bertz CT molecular complexity index is 472. The van der Waals surface area contributed by atoms with Gasteiger partial charge in [0.05, 0.1) is 0 Å². The molecule has 0 aliphatic heterocycles. The topological polar surface area (TPSA) is 124 Å². The standard InChI is InChI=1S/C18H32.H4O7P2/c1-3-5-7-9-11-13-15-17-18-16-14-12-10-8-6-4-2;1-8(2,3)7-9(4,5)6/h3,5,7,9,11H,1,4,6,8,10,12-18H2,2H3;(H2,1,2,3)(H2,4,5,6). The highest BCUT2D eigenvalue weighted by Gasteiger charge is 2.27. The van der Waals surface area contributed by atoms with Crippen LogP contribution in [0.2, 0.25) is 0 Å². The smallest absolute Gasteiger partial charge is 0.302 e. The van der Waals surface area contributed by atoms with Crippen LogP contribution in [0.25, 0.3) is 0 Å². The summed E-state index contributed by atoms with van der Waals surface area (Å²) in [7, 11) is -10.1. The Kier molecular flexibility index (Phi) is 20.0. The second-order valence-corrected chi connectivity index (χ2v) is 8.70. The van der Waals surface area contributed by atoms with Crippen LogP contribution >= 0.6 is 15.6 Å². The predicted octanol–water partition coefficient (Wildman–Crippen LogP) is 5.78. The Hall–Kier alpha value is -0.520. The second-order valence-electron chi connectivity index (χ2n) is 6.08. The number of allylic oxidation sites excluding steroid dienone is 5. The van der Waals surface area contributed by atoms with Gasteiger partial charge in [0.1, 0.15) is 0 Å². The fraction of sp³-hybridized carbons (Fsp3) is 0.667. The quantitative estimate of drug-likeness (QED) is 0.148. The molecule has 4 N–H and O–H groups in total. The first-order chi connectivity index (χ1) is 12.6. The molecule has 0 rings (SSSR count). The molecule has 0 heterocycles. The van der Waals surface area contributed by atoms with Gasteiger partial charge in [-0.3, -0.25) is 0 Å². The predicted molar refractivity (Wildman–Crippen MR) is 110 cm³/mol. The van der Waals surface area contributed by atoms with Crippen molar-refractivity contribution in [2.45, 2.75) is 77.6 Å². The van der Waals surface area contributed by atoms with Gasteiger partial charge in [0.15, 0.2) is 0 Å². The van der Waals surface area contributed by atoms with Crippen molar-refractivity contribution in [3.05, 3.63) is 37.0 Å². The number of hydrogen-bond acceptors (Lipinski definition) is 3. The van der Waals surface area contributed by atoms with Gasteiger partial charge in [0.25, 0.3) is 0 Å². The third-order valence-corrected chi connectivity index (χ3v) is 5.13. The van der Waals surface area contributed by atoms with Crippen molar-refractivity contribution in [3.8, 4) is 0 Å². The molecule has 0 saturated heterocycles. The lowest BCUT2D eigenvalue weighted by Crippen LogP contribution is -1.84. The first-order valence-electron chi connectivity index (χ1n) is 9.39. The zero-order valence-corrected chi connectivity index (χ0v) is 18.1. The molecule has 7 nitrogen and oxygen atoms in total. The van der Waals surface area contributed by atoms with E-state index in [1.165, 1.54) is 70.6 Å². The Morgan fingerprint density at radius 3 is 1.56 bits per heavy atom. The van der Waals surface area contributed by atoms with Crippen molar-refractivity contribution in [2.24, 2.45) is 0 Å². The molecule has 0 spiro atoms. The zero-order chi connectivity index (χ0) is 21.0. The minimum Gasteiger partial charge on any atom is -0.302 e. The maximum absolute atomic E-state index is 9.63. The molecule has 0 aliphatic rings. The van der Waals surface area contributed by atoms with Gasteiger partial charge in [-0.15, -0.1) is 0 Å². The third kappa shape index (κ3) is 33.5. The van der Waals surface area contributed by atoms with E-state index in [2.05, 4.69) is 30.0 Å². The summed E-state index contributed by atoms with van der Waals surface area (Å²) in [6.45, 7) is 5.92. The van der Waals surface area contributed by atoms with Crippen molar-refractivity contribution in [2.75, 3.05) is 0 Å². The van der Waals surface area contributed by atoms with Crippen LogP contribution in [0.4, 0.5) is 0 Å². The Morgan fingerprint density at radius 2 is 1.19 bits per heavy atom. The van der Waals surface area contributed by atoms with E-state index in [1.54, 1.807) is 0 Å². The lowest BCUT2D eigenvalue weighted by atomic mass is 10.1. The number of unbranched alkanes of at least 4 members (excludes halogenated alkanes) is 10. The zero-order valence-electron chi connectivity index (χ0n) is 16.3. The van der Waals surface area contributed by atoms with Gasteiger partial charge in [-0.1, -0.05) is 102 Å². The van der Waals surface area contributed by atoms with Crippen LogP contribution < -0.4 is 0 Å². The van der Waals surface area contributed by atoms with Crippen LogP contribution in [0.1, 0.15) is 77.6 Å². The van der Waals surface area contributed by atoms with Crippen molar-refractivity contribution >= 4 is 15.6 Å². The molecular weight excluding hydrogens is 390 g/mol. The lowest BCUT2D eigenvalue weighted by Gasteiger charge is -2.03. The molecule has 27 heavy (non-hydrogen) atoms. The van der Waals surface area contributed by atoms with Crippen molar-refractivity contribution < 1.29 is 33.0 Å². The summed E-state index contributed by atoms with van der Waals surface area (Å²) < 4.78 is 22.2. The summed E-state index contributed by atoms with van der Waals surface area (Å²) >= 11 is 0. The summed E-state index contributed by atoms with van der Waals surface area (Å²) in [5.74, 6) is 0. The summed E-state index contributed by atoms with van der Waals surface area (Å²) in [5, 5.41) is 0. The monoisotopic (exact) mass is 426 g/mol.